The second-order valence-electron chi connectivity index (χ2n) is 11.1. The van der Waals surface area contributed by atoms with Crippen LogP contribution in [0.4, 0.5) is 0 Å². The lowest BCUT2D eigenvalue weighted by molar-refractivity contribution is -0.0388. The summed E-state index contributed by atoms with van der Waals surface area (Å²) in [5, 5.41) is 11.5. The van der Waals surface area contributed by atoms with Crippen molar-refractivity contribution in [3.63, 3.8) is 0 Å². The Balaban J connectivity index is 2.52. The van der Waals surface area contributed by atoms with E-state index in [1.807, 2.05) is 26.0 Å². The van der Waals surface area contributed by atoms with Crippen molar-refractivity contribution in [2.75, 3.05) is 13.7 Å². The predicted octanol–water partition coefficient (Wildman–Crippen LogP) is 7.10. The zero-order chi connectivity index (χ0) is 23.8. The Morgan fingerprint density at radius 3 is 2.26 bits per heavy atom. The monoisotopic (exact) mass is 512 g/mol. The van der Waals surface area contributed by atoms with Crippen molar-refractivity contribution in [3.05, 3.63) is 34.0 Å². The summed E-state index contributed by atoms with van der Waals surface area (Å²) in [5.41, 5.74) is -0.0607. The van der Waals surface area contributed by atoms with Gasteiger partial charge in [0.25, 0.3) is 0 Å². The lowest BCUT2D eigenvalue weighted by Gasteiger charge is -2.46. The second-order valence-corrected chi connectivity index (χ2v) is 16.7. The highest BCUT2D eigenvalue weighted by atomic mass is 79.9. The van der Waals surface area contributed by atoms with Crippen molar-refractivity contribution < 1.29 is 19.0 Å². The lowest BCUT2D eigenvalue weighted by atomic mass is 9.62. The molecule has 2 rings (SSSR count). The van der Waals surface area contributed by atoms with E-state index in [4.69, 9.17) is 13.9 Å². The number of ether oxygens (including phenoxy) is 2. The molecule has 6 heteroatoms. The Hall–Kier alpha value is -0.983. The first-order valence-electron chi connectivity index (χ1n) is 11.2. The van der Waals surface area contributed by atoms with Gasteiger partial charge in [0.15, 0.2) is 0 Å². The minimum absolute atomic E-state index is 0.00291. The van der Waals surface area contributed by atoms with Crippen LogP contribution in [-0.4, -0.2) is 32.7 Å². The summed E-state index contributed by atoms with van der Waals surface area (Å²) >= 11 is 3.63. The predicted molar refractivity (Wildman–Crippen MR) is 134 cm³/mol. The molecule has 0 saturated carbocycles. The van der Waals surface area contributed by atoms with E-state index in [0.29, 0.717) is 13.0 Å². The molecule has 31 heavy (non-hydrogen) atoms. The van der Waals surface area contributed by atoms with E-state index in [-0.39, 0.29) is 16.4 Å². The van der Waals surface area contributed by atoms with Gasteiger partial charge in [-0.25, -0.2) is 0 Å². The number of rotatable bonds is 7. The fraction of sp³-hybridized carbons (Fsp3) is 0.680. The standard InChI is InChI=1S/C25H41BrO4Si/c1-11-29-18-15-24(5,6)22(25(7,27)16-18)13-17-12-21(28-8)19(26)14-20(17)30-31(9,10)23(2,3)4/h12,14,16,22,27H,11,13,15H2,1-10H3. The molecule has 0 spiro atoms. The molecular formula is C25H41BrO4Si. The molecule has 176 valence electrons. The second kappa shape index (κ2) is 9.10. The molecule has 4 nitrogen and oxygen atoms in total. The van der Waals surface area contributed by atoms with E-state index in [2.05, 4.69) is 69.7 Å². The Morgan fingerprint density at radius 2 is 1.77 bits per heavy atom. The molecule has 1 aliphatic rings. The number of benzene rings is 1. The molecule has 0 radical (unpaired) electrons. The molecule has 1 aliphatic carbocycles. The zero-order valence-corrected chi connectivity index (χ0v) is 23.6. The highest BCUT2D eigenvalue weighted by molar-refractivity contribution is 9.10. The van der Waals surface area contributed by atoms with Crippen LogP contribution in [0.15, 0.2) is 28.4 Å². The molecule has 1 aromatic carbocycles. The van der Waals surface area contributed by atoms with Gasteiger partial charge in [-0.3, -0.25) is 0 Å². The van der Waals surface area contributed by atoms with Gasteiger partial charge in [-0.2, -0.15) is 0 Å². The highest BCUT2D eigenvalue weighted by Crippen LogP contribution is 2.49. The fourth-order valence-corrected chi connectivity index (χ4v) is 5.77. The van der Waals surface area contributed by atoms with E-state index in [9.17, 15) is 5.11 Å². The molecule has 0 fully saturated rings. The van der Waals surface area contributed by atoms with Crippen molar-refractivity contribution in [1.29, 1.82) is 0 Å². The maximum absolute atomic E-state index is 11.4. The van der Waals surface area contributed by atoms with Gasteiger partial charge in [-0.05, 0) is 83.5 Å². The molecule has 2 atom stereocenters. The van der Waals surface area contributed by atoms with Crippen LogP contribution in [-0.2, 0) is 11.2 Å². The van der Waals surface area contributed by atoms with Crippen LogP contribution in [0.1, 0.15) is 60.5 Å². The van der Waals surface area contributed by atoms with Crippen LogP contribution in [0, 0.1) is 11.3 Å². The minimum atomic E-state index is -2.04. The van der Waals surface area contributed by atoms with Crippen molar-refractivity contribution in [1.82, 2.24) is 0 Å². The van der Waals surface area contributed by atoms with Gasteiger partial charge in [-0.15, -0.1) is 0 Å². The van der Waals surface area contributed by atoms with Crippen molar-refractivity contribution in [2.24, 2.45) is 11.3 Å². The van der Waals surface area contributed by atoms with Gasteiger partial charge in [0.05, 0.1) is 29.5 Å². The van der Waals surface area contributed by atoms with Crippen LogP contribution < -0.4 is 9.16 Å². The van der Waals surface area contributed by atoms with Crippen LogP contribution in [0.25, 0.3) is 0 Å². The quantitative estimate of drug-likeness (QED) is 0.395. The summed E-state index contributed by atoms with van der Waals surface area (Å²) in [6, 6.07) is 4.08. The Labute approximate surface area is 198 Å². The molecule has 0 aliphatic heterocycles. The average molecular weight is 514 g/mol. The van der Waals surface area contributed by atoms with Gasteiger partial charge in [0.2, 0.25) is 8.32 Å². The van der Waals surface area contributed by atoms with Gasteiger partial charge >= 0.3 is 0 Å². The lowest BCUT2D eigenvalue weighted by Crippen LogP contribution is -2.47. The summed E-state index contributed by atoms with van der Waals surface area (Å²) in [5.74, 6) is 2.53. The summed E-state index contributed by atoms with van der Waals surface area (Å²) < 4.78 is 19.0. The smallest absolute Gasteiger partial charge is 0.250 e. The maximum Gasteiger partial charge on any atom is 0.250 e. The van der Waals surface area contributed by atoms with E-state index in [0.717, 1.165) is 33.7 Å². The van der Waals surface area contributed by atoms with Crippen LogP contribution in [0.2, 0.25) is 18.1 Å². The van der Waals surface area contributed by atoms with E-state index in [1.165, 1.54) is 0 Å². The van der Waals surface area contributed by atoms with Crippen molar-refractivity contribution in [3.8, 4) is 11.5 Å². The van der Waals surface area contributed by atoms with E-state index < -0.39 is 13.9 Å². The third-order valence-electron chi connectivity index (χ3n) is 6.99. The average Bonchev–Trinajstić information content (AvgIpc) is 2.57. The van der Waals surface area contributed by atoms with Gasteiger partial charge in [-0.1, -0.05) is 34.6 Å². The van der Waals surface area contributed by atoms with Gasteiger partial charge in [0, 0.05) is 12.3 Å². The number of halogens is 1. The fourth-order valence-electron chi connectivity index (χ4n) is 4.24. The zero-order valence-electron chi connectivity index (χ0n) is 21.0. The molecule has 1 N–H and O–H groups in total. The summed E-state index contributed by atoms with van der Waals surface area (Å²) in [7, 11) is -0.366. The third kappa shape index (κ3) is 5.88. The van der Waals surface area contributed by atoms with Crippen LogP contribution >= 0.6 is 15.9 Å². The maximum atomic E-state index is 11.4. The van der Waals surface area contributed by atoms with E-state index in [1.54, 1.807) is 7.11 Å². The summed E-state index contributed by atoms with van der Waals surface area (Å²) in [6.07, 6.45) is 3.38. The van der Waals surface area contributed by atoms with Gasteiger partial charge in [0.1, 0.15) is 11.5 Å². The Bertz CT molecular complexity index is 822. The van der Waals surface area contributed by atoms with Crippen LogP contribution in [0.5, 0.6) is 11.5 Å². The SMILES string of the molecule is CCOC1=CC(C)(O)C(Cc2cc(OC)c(Br)cc2O[Si](C)(C)C(C)(C)C)C(C)(C)C1. The molecule has 0 aromatic heterocycles. The Morgan fingerprint density at radius 1 is 1.16 bits per heavy atom. The first-order valence-corrected chi connectivity index (χ1v) is 14.9. The number of hydrogen-bond acceptors (Lipinski definition) is 4. The van der Waals surface area contributed by atoms with Crippen molar-refractivity contribution >= 4 is 24.2 Å². The molecule has 2 unspecified atom stereocenters. The molecule has 1 aromatic rings. The number of allylic oxidation sites excluding steroid dienone is 1. The molecule has 0 bridgehead atoms. The number of hydrogen-bond donors (Lipinski definition) is 1. The van der Waals surface area contributed by atoms with Crippen molar-refractivity contribution in [2.45, 2.75) is 85.0 Å². The minimum Gasteiger partial charge on any atom is -0.543 e. The largest absolute Gasteiger partial charge is 0.543 e. The Kier molecular flexibility index (Phi) is 7.72. The summed E-state index contributed by atoms with van der Waals surface area (Å²) in [6.45, 7) is 20.1. The molecule has 0 saturated heterocycles. The van der Waals surface area contributed by atoms with Gasteiger partial charge < -0.3 is 19.0 Å². The number of methoxy groups -OCH3 is 1. The van der Waals surface area contributed by atoms with Crippen LogP contribution in [0.3, 0.4) is 0 Å². The first-order chi connectivity index (χ1) is 14.0. The number of aliphatic hydroxyl groups is 1. The van der Waals surface area contributed by atoms with E-state index >= 15 is 0 Å². The summed E-state index contributed by atoms with van der Waals surface area (Å²) in [4.78, 5) is 0. The molecule has 0 amide bonds. The first kappa shape index (κ1) is 26.3. The third-order valence-corrected chi connectivity index (χ3v) is 12.0. The normalized spacial score (nSPS) is 23.9. The molecule has 0 heterocycles. The molecular weight excluding hydrogens is 472 g/mol. The topological polar surface area (TPSA) is 47.9 Å². The highest BCUT2D eigenvalue weighted by Gasteiger charge is 2.46.